The summed E-state index contributed by atoms with van der Waals surface area (Å²) >= 11 is 0. The van der Waals surface area contributed by atoms with Crippen LogP contribution in [0.3, 0.4) is 0 Å². The van der Waals surface area contributed by atoms with Gasteiger partial charge in [-0.15, -0.1) is 0 Å². The van der Waals surface area contributed by atoms with Crippen molar-refractivity contribution in [3.05, 3.63) is 23.8 Å². The van der Waals surface area contributed by atoms with E-state index in [9.17, 15) is 0 Å². The Hall–Kier alpha value is -1.22. The summed E-state index contributed by atoms with van der Waals surface area (Å²) in [7, 11) is 1.72. The van der Waals surface area contributed by atoms with E-state index in [2.05, 4.69) is 11.0 Å². The smallest absolute Gasteiger partial charge is 0.125 e. The second-order valence-electron chi connectivity index (χ2n) is 6.55. The topological polar surface area (TPSA) is 38.5 Å². The number of nitrogens with two attached hydrogens (primary N) is 1. The van der Waals surface area contributed by atoms with Crippen molar-refractivity contribution >= 4 is 5.69 Å². The van der Waals surface area contributed by atoms with E-state index in [1.165, 1.54) is 57.2 Å². The molecule has 2 aliphatic rings. The van der Waals surface area contributed by atoms with E-state index in [1.807, 2.05) is 12.1 Å². The van der Waals surface area contributed by atoms with Gasteiger partial charge < -0.3 is 10.5 Å². The molecule has 2 fully saturated rings. The number of hydrogen-bond donors (Lipinski definition) is 1. The number of nitrogen functional groups attached to an aromatic ring is 1. The van der Waals surface area contributed by atoms with Gasteiger partial charge in [0, 0.05) is 23.9 Å². The molecule has 110 valence electrons. The molecule has 1 spiro atoms. The monoisotopic (exact) mass is 274 g/mol. The number of anilines is 1. The average Bonchev–Trinajstić information content (AvgIpc) is 2.92. The summed E-state index contributed by atoms with van der Waals surface area (Å²) < 4.78 is 5.45. The summed E-state index contributed by atoms with van der Waals surface area (Å²) in [5.41, 5.74) is 8.54. The highest BCUT2D eigenvalue weighted by Gasteiger charge is 2.36. The fourth-order valence-electron chi connectivity index (χ4n) is 3.94. The van der Waals surface area contributed by atoms with Gasteiger partial charge in [-0.05, 0) is 50.3 Å². The van der Waals surface area contributed by atoms with E-state index in [4.69, 9.17) is 10.5 Å². The molecule has 3 rings (SSSR count). The molecule has 0 atom stereocenters. The highest BCUT2D eigenvalue weighted by atomic mass is 16.5. The van der Waals surface area contributed by atoms with Gasteiger partial charge >= 0.3 is 0 Å². The van der Waals surface area contributed by atoms with Gasteiger partial charge in [0.1, 0.15) is 5.75 Å². The van der Waals surface area contributed by atoms with Gasteiger partial charge in [-0.1, -0.05) is 18.9 Å². The molecular formula is C17H26N2O. The van der Waals surface area contributed by atoms with Crippen molar-refractivity contribution in [1.29, 1.82) is 0 Å². The molecule has 2 N–H and O–H groups in total. The Balaban J connectivity index is 1.62. The van der Waals surface area contributed by atoms with Gasteiger partial charge in [-0.2, -0.15) is 0 Å². The molecule has 1 aromatic carbocycles. The number of likely N-dealkylation sites (tertiary alicyclic amines) is 1. The molecule has 3 nitrogen and oxygen atoms in total. The van der Waals surface area contributed by atoms with Crippen molar-refractivity contribution in [3.8, 4) is 5.75 Å². The zero-order valence-electron chi connectivity index (χ0n) is 12.5. The van der Waals surface area contributed by atoms with Crippen molar-refractivity contribution in [1.82, 2.24) is 4.90 Å². The maximum atomic E-state index is 5.82. The van der Waals surface area contributed by atoms with Gasteiger partial charge in [0.25, 0.3) is 0 Å². The molecule has 1 saturated heterocycles. The van der Waals surface area contributed by atoms with Gasteiger partial charge in [0.05, 0.1) is 7.11 Å². The van der Waals surface area contributed by atoms with E-state index < -0.39 is 0 Å². The van der Waals surface area contributed by atoms with E-state index in [0.717, 1.165) is 18.0 Å². The highest BCUT2D eigenvalue weighted by molar-refractivity contribution is 5.48. The molecule has 0 radical (unpaired) electrons. The second kappa shape index (κ2) is 5.65. The maximum absolute atomic E-state index is 5.82. The molecule has 1 aliphatic heterocycles. The zero-order valence-corrected chi connectivity index (χ0v) is 12.5. The molecule has 0 amide bonds. The van der Waals surface area contributed by atoms with Crippen molar-refractivity contribution < 1.29 is 4.74 Å². The standard InChI is InChI=1S/C17H26N2O/c1-20-16-12-15(18)5-4-14(16)13-19-10-8-17(9-11-19)6-2-3-7-17/h4-5,12H,2-3,6-11,13,18H2,1H3. The number of piperidine rings is 1. The summed E-state index contributed by atoms with van der Waals surface area (Å²) in [6, 6.07) is 6.01. The van der Waals surface area contributed by atoms with Crippen LogP contribution in [0.15, 0.2) is 18.2 Å². The van der Waals surface area contributed by atoms with Crippen LogP contribution in [0.1, 0.15) is 44.1 Å². The van der Waals surface area contributed by atoms with Crippen molar-refractivity contribution in [2.24, 2.45) is 5.41 Å². The molecular weight excluding hydrogens is 248 g/mol. The SMILES string of the molecule is COc1cc(N)ccc1CN1CCC2(CCCC2)CC1. The molecule has 1 heterocycles. The fourth-order valence-corrected chi connectivity index (χ4v) is 3.94. The molecule has 1 aliphatic carbocycles. The minimum absolute atomic E-state index is 0.696. The molecule has 1 saturated carbocycles. The lowest BCUT2D eigenvalue weighted by atomic mass is 9.77. The Morgan fingerprint density at radius 1 is 1.15 bits per heavy atom. The first-order valence-electron chi connectivity index (χ1n) is 7.86. The quantitative estimate of drug-likeness (QED) is 0.858. The second-order valence-corrected chi connectivity index (χ2v) is 6.55. The van der Waals surface area contributed by atoms with Gasteiger partial charge in [-0.3, -0.25) is 4.90 Å². The Kier molecular flexibility index (Phi) is 3.88. The predicted octanol–water partition coefficient (Wildman–Crippen LogP) is 3.43. The molecule has 20 heavy (non-hydrogen) atoms. The third kappa shape index (κ3) is 2.78. The summed E-state index contributed by atoms with van der Waals surface area (Å²) in [6.07, 6.45) is 8.59. The zero-order chi connectivity index (χ0) is 14.0. The lowest BCUT2D eigenvalue weighted by Crippen LogP contribution is -2.38. The first-order chi connectivity index (χ1) is 9.71. The Labute approximate surface area is 122 Å². The predicted molar refractivity (Wildman–Crippen MR) is 82.8 cm³/mol. The summed E-state index contributed by atoms with van der Waals surface area (Å²) in [5.74, 6) is 0.922. The van der Waals surface area contributed by atoms with Crippen molar-refractivity contribution in [3.63, 3.8) is 0 Å². The van der Waals surface area contributed by atoms with Crippen molar-refractivity contribution in [2.45, 2.75) is 45.1 Å². The fraction of sp³-hybridized carbons (Fsp3) is 0.647. The van der Waals surface area contributed by atoms with Crippen LogP contribution in [0.5, 0.6) is 5.75 Å². The van der Waals surface area contributed by atoms with E-state index in [-0.39, 0.29) is 0 Å². The lowest BCUT2D eigenvalue weighted by molar-refractivity contribution is 0.103. The lowest BCUT2D eigenvalue weighted by Gasteiger charge is -2.39. The number of nitrogens with zero attached hydrogens (tertiary/aromatic N) is 1. The number of benzene rings is 1. The van der Waals surface area contributed by atoms with Crippen LogP contribution >= 0.6 is 0 Å². The van der Waals surface area contributed by atoms with Crippen LogP contribution in [-0.2, 0) is 6.54 Å². The number of hydrogen-bond acceptors (Lipinski definition) is 3. The van der Waals surface area contributed by atoms with Crippen LogP contribution in [0.25, 0.3) is 0 Å². The van der Waals surface area contributed by atoms with Gasteiger partial charge in [-0.25, -0.2) is 0 Å². The van der Waals surface area contributed by atoms with Crippen LogP contribution in [0, 0.1) is 5.41 Å². The van der Waals surface area contributed by atoms with Gasteiger partial charge in [0.2, 0.25) is 0 Å². The minimum Gasteiger partial charge on any atom is -0.496 e. The van der Waals surface area contributed by atoms with Gasteiger partial charge in [0.15, 0.2) is 0 Å². The number of rotatable bonds is 3. The van der Waals surface area contributed by atoms with E-state index in [0.29, 0.717) is 5.41 Å². The first kappa shape index (κ1) is 13.7. The van der Waals surface area contributed by atoms with Crippen molar-refractivity contribution in [2.75, 3.05) is 25.9 Å². The largest absolute Gasteiger partial charge is 0.496 e. The first-order valence-corrected chi connectivity index (χ1v) is 7.86. The summed E-state index contributed by atoms with van der Waals surface area (Å²) in [4.78, 5) is 2.57. The summed E-state index contributed by atoms with van der Waals surface area (Å²) in [5, 5.41) is 0. The average molecular weight is 274 g/mol. The molecule has 0 unspecified atom stereocenters. The summed E-state index contributed by atoms with van der Waals surface area (Å²) in [6.45, 7) is 3.45. The van der Waals surface area contributed by atoms with Crippen LogP contribution in [0.4, 0.5) is 5.69 Å². The number of methoxy groups -OCH3 is 1. The Morgan fingerprint density at radius 2 is 1.85 bits per heavy atom. The number of ether oxygens (including phenoxy) is 1. The normalized spacial score (nSPS) is 22.2. The van der Waals surface area contributed by atoms with E-state index in [1.54, 1.807) is 7.11 Å². The Bertz CT molecular complexity index is 456. The Morgan fingerprint density at radius 3 is 2.50 bits per heavy atom. The molecule has 0 aromatic heterocycles. The molecule has 3 heteroatoms. The molecule has 1 aromatic rings. The molecule has 0 bridgehead atoms. The van der Waals surface area contributed by atoms with Crippen LogP contribution < -0.4 is 10.5 Å². The third-order valence-electron chi connectivity index (χ3n) is 5.29. The van der Waals surface area contributed by atoms with Crippen LogP contribution in [0.2, 0.25) is 0 Å². The maximum Gasteiger partial charge on any atom is 0.125 e. The van der Waals surface area contributed by atoms with Crippen LogP contribution in [-0.4, -0.2) is 25.1 Å². The highest BCUT2D eigenvalue weighted by Crippen LogP contribution is 2.46. The van der Waals surface area contributed by atoms with E-state index >= 15 is 0 Å². The third-order valence-corrected chi connectivity index (χ3v) is 5.29. The minimum atomic E-state index is 0.696.